The van der Waals surface area contributed by atoms with Gasteiger partial charge in [-0.3, -0.25) is 0 Å². The van der Waals surface area contributed by atoms with E-state index in [0.29, 0.717) is 6.42 Å². The van der Waals surface area contributed by atoms with Crippen LogP contribution in [-0.2, 0) is 10.0 Å². The number of rotatable bonds is 7. The molecule has 17 heavy (non-hydrogen) atoms. The standard InChI is InChI=1S/C10H17NO3S3/c1-10(12,5-7-15-2)8-11-17(13,14)9-4-3-6-16-9/h3-4,6,11-12H,5,7-8H2,1-2H3/t10-/m1/s1. The zero-order valence-electron chi connectivity index (χ0n) is 9.84. The topological polar surface area (TPSA) is 66.4 Å². The number of nitrogens with one attached hydrogen (secondary N) is 1. The van der Waals surface area contributed by atoms with Crippen LogP contribution in [0.3, 0.4) is 0 Å². The Morgan fingerprint density at radius 1 is 1.59 bits per heavy atom. The third kappa shape index (κ3) is 4.97. The van der Waals surface area contributed by atoms with Crippen molar-refractivity contribution in [1.82, 2.24) is 4.72 Å². The SMILES string of the molecule is CSCC[C@@](C)(O)CNS(=O)(=O)c1cccs1. The van der Waals surface area contributed by atoms with Gasteiger partial charge in [0.05, 0.1) is 5.60 Å². The first-order chi connectivity index (χ1) is 7.87. The molecule has 0 aliphatic heterocycles. The minimum atomic E-state index is -3.47. The van der Waals surface area contributed by atoms with Crippen LogP contribution in [0.5, 0.6) is 0 Å². The predicted molar refractivity (Wildman–Crippen MR) is 73.1 cm³/mol. The van der Waals surface area contributed by atoms with E-state index < -0.39 is 15.6 Å². The first kappa shape index (κ1) is 15.0. The van der Waals surface area contributed by atoms with Crippen LogP contribution in [0.4, 0.5) is 0 Å². The summed E-state index contributed by atoms with van der Waals surface area (Å²) in [6.45, 7) is 1.67. The molecule has 2 N–H and O–H groups in total. The molecule has 0 fully saturated rings. The summed E-state index contributed by atoms with van der Waals surface area (Å²) in [6.07, 6.45) is 2.51. The van der Waals surface area contributed by atoms with Gasteiger partial charge in [-0.1, -0.05) is 6.07 Å². The molecular weight excluding hydrogens is 278 g/mol. The van der Waals surface area contributed by atoms with Crippen LogP contribution in [0.15, 0.2) is 21.7 Å². The highest BCUT2D eigenvalue weighted by atomic mass is 32.2. The van der Waals surface area contributed by atoms with Crippen LogP contribution in [0.1, 0.15) is 13.3 Å². The Balaban J connectivity index is 2.56. The molecule has 0 aliphatic carbocycles. The average Bonchev–Trinajstić information content (AvgIpc) is 2.78. The molecule has 0 bridgehead atoms. The largest absolute Gasteiger partial charge is 0.389 e. The van der Waals surface area contributed by atoms with Crippen molar-refractivity contribution in [2.75, 3.05) is 18.6 Å². The Hall–Kier alpha value is -0.0800. The van der Waals surface area contributed by atoms with Crippen molar-refractivity contribution in [1.29, 1.82) is 0 Å². The van der Waals surface area contributed by atoms with Crippen LogP contribution in [0, 0.1) is 0 Å². The lowest BCUT2D eigenvalue weighted by molar-refractivity contribution is 0.0626. The monoisotopic (exact) mass is 295 g/mol. The van der Waals surface area contributed by atoms with Gasteiger partial charge < -0.3 is 5.11 Å². The molecular formula is C10H17NO3S3. The minimum absolute atomic E-state index is 0.0355. The summed E-state index contributed by atoms with van der Waals surface area (Å²) in [7, 11) is -3.47. The highest BCUT2D eigenvalue weighted by Crippen LogP contribution is 2.17. The van der Waals surface area contributed by atoms with E-state index in [1.165, 1.54) is 0 Å². The molecule has 0 radical (unpaired) electrons. The molecule has 0 saturated carbocycles. The first-order valence-corrected chi connectivity index (χ1v) is 8.87. The van der Waals surface area contributed by atoms with Gasteiger partial charge in [0, 0.05) is 6.54 Å². The highest BCUT2D eigenvalue weighted by molar-refractivity contribution is 7.98. The Labute approximate surface area is 110 Å². The van der Waals surface area contributed by atoms with Crippen molar-refractivity contribution in [3.63, 3.8) is 0 Å². The average molecular weight is 295 g/mol. The summed E-state index contributed by atoms with van der Waals surface area (Å²) < 4.78 is 26.3. The molecule has 0 spiro atoms. The minimum Gasteiger partial charge on any atom is -0.389 e. The molecule has 98 valence electrons. The van der Waals surface area contributed by atoms with Crippen molar-refractivity contribution < 1.29 is 13.5 Å². The summed E-state index contributed by atoms with van der Waals surface area (Å²) in [6, 6.07) is 3.23. The smallest absolute Gasteiger partial charge is 0.250 e. The van der Waals surface area contributed by atoms with E-state index in [2.05, 4.69) is 4.72 Å². The molecule has 0 amide bonds. The number of hydrogen-bond acceptors (Lipinski definition) is 5. The third-order valence-electron chi connectivity index (χ3n) is 2.25. The quantitative estimate of drug-likeness (QED) is 0.800. The summed E-state index contributed by atoms with van der Waals surface area (Å²) >= 11 is 2.79. The molecule has 0 saturated heterocycles. The lowest BCUT2D eigenvalue weighted by Crippen LogP contribution is -2.40. The molecule has 1 aromatic heterocycles. The second-order valence-corrected chi connectivity index (χ2v) is 7.92. The summed E-state index contributed by atoms with van der Waals surface area (Å²) in [5, 5.41) is 11.7. The van der Waals surface area contributed by atoms with Crippen LogP contribution < -0.4 is 4.72 Å². The van der Waals surface area contributed by atoms with E-state index in [-0.39, 0.29) is 10.8 Å². The van der Waals surface area contributed by atoms with Gasteiger partial charge in [0.2, 0.25) is 10.0 Å². The number of thiophene rings is 1. The molecule has 0 aliphatic rings. The van der Waals surface area contributed by atoms with Gasteiger partial charge in [-0.2, -0.15) is 11.8 Å². The summed E-state index contributed by atoms with van der Waals surface area (Å²) in [5.74, 6) is 0.799. The fourth-order valence-electron chi connectivity index (χ4n) is 1.15. The number of aliphatic hydroxyl groups is 1. The van der Waals surface area contributed by atoms with Gasteiger partial charge in [0.25, 0.3) is 0 Å². The van der Waals surface area contributed by atoms with Crippen LogP contribution >= 0.6 is 23.1 Å². The summed E-state index contributed by atoms with van der Waals surface area (Å²) in [4.78, 5) is 0. The van der Waals surface area contributed by atoms with E-state index in [4.69, 9.17) is 0 Å². The lowest BCUT2D eigenvalue weighted by atomic mass is 10.1. The van der Waals surface area contributed by atoms with E-state index >= 15 is 0 Å². The predicted octanol–water partition coefficient (Wildman–Crippen LogP) is 1.53. The second kappa shape index (κ2) is 6.19. The zero-order valence-corrected chi connectivity index (χ0v) is 12.3. The molecule has 1 aromatic rings. The van der Waals surface area contributed by atoms with Gasteiger partial charge in [-0.05, 0) is 36.8 Å². The Morgan fingerprint density at radius 3 is 2.82 bits per heavy atom. The molecule has 1 rings (SSSR count). The normalized spacial score (nSPS) is 15.7. The first-order valence-electron chi connectivity index (χ1n) is 5.12. The van der Waals surface area contributed by atoms with Crippen molar-refractivity contribution in [3.8, 4) is 0 Å². The van der Waals surface area contributed by atoms with Gasteiger partial charge >= 0.3 is 0 Å². The maximum Gasteiger partial charge on any atom is 0.250 e. The lowest BCUT2D eigenvalue weighted by Gasteiger charge is -2.22. The second-order valence-electron chi connectivity index (χ2n) is 4.00. The van der Waals surface area contributed by atoms with E-state index in [1.807, 2.05) is 6.26 Å². The Morgan fingerprint density at radius 2 is 2.29 bits per heavy atom. The molecule has 1 heterocycles. The fourth-order valence-corrected chi connectivity index (χ4v) is 3.99. The molecule has 0 aromatic carbocycles. The summed E-state index contributed by atoms with van der Waals surface area (Å²) in [5.41, 5.74) is -1.01. The van der Waals surface area contributed by atoms with Crippen molar-refractivity contribution in [3.05, 3.63) is 17.5 Å². The van der Waals surface area contributed by atoms with E-state index in [9.17, 15) is 13.5 Å². The van der Waals surface area contributed by atoms with Gasteiger partial charge in [0.15, 0.2) is 0 Å². The Kier molecular flexibility index (Phi) is 5.46. The molecule has 4 nitrogen and oxygen atoms in total. The zero-order chi connectivity index (χ0) is 12.9. The number of hydrogen-bond donors (Lipinski definition) is 2. The molecule has 1 atom stereocenters. The maximum atomic E-state index is 11.8. The number of thioether (sulfide) groups is 1. The van der Waals surface area contributed by atoms with E-state index in [1.54, 1.807) is 36.2 Å². The van der Waals surface area contributed by atoms with Crippen molar-refractivity contribution in [2.45, 2.75) is 23.2 Å². The van der Waals surface area contributed by atoms with E-state index in [0.717, 1.165) is 17.1 Å². The van der Waals surface area contributed by atoms with Crippen molar-refractivity contribution in [2.24, 2.45) is 0 Å². The molecule has 0 unspecified atom stereocenters. The number of sulfonamides is 1. The Bertz CT molecular complexity index is 426. The highest BCUT2D eigenvalue weighted by Gasteiger charge is 2.24. The maximum absolute atomic E-state index is 11.8. The van der Waals surface area contributed by atoms with Crippen LogP contribution in [0.25, 0.3) is 0 Å². The third-order valence-corrected chi connectivity index (χ3v) is 5.66. The molecule has 7 heteroatoms. The van der Waals surface area contributed by atoms with Crippen LogP contribution in [-0.4, -0.2) is 37.7 Å². The van der Waals surface area contributed by atoms with Gasteiger partial charge in [0.1, 0.15) is 4.21 Å². The van der Waals surface area contributed by atoms with Crippen LogP contribution in [0.2, 0.25) is 0 Å². The van der Waals surface area contributed by atoms with Crippen molar-refractivity contribution >= 4 is 33.1 Å². The fraction of sp³-hybridized carbons (Fsp3) is 0.600. The van der Waals surface area contributed by atoms with Gasteiger partial charge in [-0.15, -0.1) is 11.3 Å². The van der Waals surface area contributed by atoms with Gasteiger partial charge in [-0.25, -0.2) is 13.1 Å².